The van der Waals surface area contributed by atoms with Crippen molar-refractivity contribution in [2.75, 3.05) is 25.5 Å². The van der Waals surface area contributed by atoms with E-state index < -0.39 is 11.7 Å². The lowest BCUT2D eigenvalue weighted by Gasteiger charge is -2.30. The van der Waals surface area contributed by atoms with Crippen molar-refractivity contribution < 1.29 is 18.0 Å². The summed E-state index contributed by atoms with van der Waals surface area (Å²) in [6, 6.07) is 3.69. The monoisotopic (exact) mass is 300 g/mol. The summed E-state index contributed by atoms with van der Waals surface area (Å²) in [5.41, 5.74) is -0.733. The van der Waals surface area contributed by atoms with Crippen molar-refractivity contribution in [2.24, 2.45) is 5.92 Å². The number of carbonyl (C=O) groups excluding carboxylic acids is 1. The zero-order chi connectivity index (χ0) is 15.6. The number of halogens is 3. The summed E-state index contributed by atoms with van der Waals surface area (Å²) in [4.78, 5) is 14.0. The lowest BCUT2D eigenvalue weighted by atomic mass is 9.98. The molecule has 0 aromatic heterocycles. The maximum Gasteiger partial charge on any atom is 0.418 e. The fraction of sp³-hybridized carbons (Fsp3) is 0.533. The van der Waals surface area contributed by atoms with Gasteiger partial charge in [0.2, 0.25) is 0 Å². The summed E-state index contributed by atoms with van der Waals surface area (Å²) in [5, 5.41) is 2.51. The molecule has 0 spiro atoms. The number of likely N-dealkylation sites (tertiary alicyclic amines) is 1. The van der Waals surface area contributed by atoms with Crippen LogP contribution in [0.5, 0.6) is 0 Å². The summed E-state index contributed by atoms with van der Waals surface area (Å²) in [6.45, 7) is 3.33. The predicted octanol–water partition coefficient (Wildman–Crippen LogP) is 3.62. The fourth-order valence-corrected chi connectivity index (χ4v) is 2.52. The second kappa shape index (κ2) is 5.95. The van der Waals surface area contributed by atoms with Crippen molar-refractivity contribution >= 4 is 11.6 Å². The highest BCUT2D eigenvalue weighted by molar-refractivity contribution is 5.95. The van der Waals surface area contributed by atoms with Gasteiger partial charge in [0.25, 0.3) is 5.91 Å². The van der Waals surface area contributed by atoms with Crippen LogP contribution in [0.2, 0.25) is 0 Å². The van der Waals surface area contributed by atoms with Crippen molar-refractivity contribution in [3.05, 3.63) is 29.3 Å². The third kappa shape index (κ3) is 3.49. The molecule has 0 bridgehead atoms. The third-order valence-corrected chi connectivity index (χ3v) is 3.91. The molecule has 3 nitrogen and oxygen atoms in total. The molecular formula is C15H19F3N2O. The number of carbonyl (C=O) groups is 1. The highest BCUT2D eigenvalue weighted by Gasteiger charge is 2.34. The second-order valence-electron chi connectivity index (χ2n) is 5.48. The molecule has 1 saturated heterocycles. The van der Waals surface area contributed by atoms with E-state index in [-0.39, 0.29) is 17.2 Å². The van der Waals surface area contributed by atoms with E-state index in [0.717, 1.165) is 18.9 Å². The molecule has 2 rings (SSSR count). The van der Waals surface area contributed by atoms with Crippen LogP contribution in [0.1, 0.15) is 35.7 Å². The van der Waals surface area contributed by atoms with Gasteiger partial charge in [-0.25, -0.2) is 0 Å². The molecule has 1 amide bonds. The lowest BCUT2D eigenvalue weighted by molar-refractivity contribution is -0.136. The number of alkyl halides is 3. The van der Waals surface area contributed by atoms with E-state index >= 15 is 0 Å². The van der Waals surface area contributed by atoms with Crippen LogP contribution in [-0.2, 0) is 6.18 Å². The number of piperidine rings is 1. The van der Waals surface area contributed by atoms with Gasteiger partial charge in [-0.15, -0.1) is 0 Å². The van der Waals surface area contributed by atoms with Gasteiger partial charge < -0.3 is 10.2 Å². The van der Waals surface area contributed by atoms with Crippen LogP contribution in [-0.4, -0.2) is 30.9 Å². The normalized spacial score (nSPS) is 16.9. The molecule has 0 atom stereocenters. The molecule has 0 aliphatic carbocycles. The Morgan fingerprint density at radius 2 is 1.90 bits per heavy atom. The van der Waals surface area contributed by atoms with Gasteiger partial charge in [-0.1, -0.05) is 6.92 Å². The number of hydrogen-bond acceptors (Lipinski definition) is 2. The summed E-state index contributed by atoms with van der Waals surface area (Å²) in [7, 11) is 1.43. The van der Waals surface area contributed by atoms with E-state index in [2.05, 4.69) is 12.2 Å². The second-order valence-corrected chi connectivity index (χ2v) is 5.48. The first-order chi connectivity index (χ1) is 9.82. The smallest absolute Gasteiger partial charge is 0.388 e. The van der Waals surface area contributed by atoms with Gasteiger partial charge in [0.05, 0.1) is 5.56 Å². The summed E-state index contributed by atoms with van der Waals surface area (Å²) >= 11 is 0. The van der Waals surface area contributed by atoms with Gasteiger partial charge in [-0.3, -0.25) is 4.79 Å². The van der Waals surface area contributed by atoms with Gasteiger partial charge in [0.15, 0.2) is 0 Å². The van der Waals surface area contributed by atoms with E-state index in [1.165, 1.54) is 19.2 Å². The number of rotatable bonds is 2. The number of nitrogens with zero attached hydrogens (tertiary/aromatic N) is 1. The average molecular weight is 300 g/mol. The molecule has 1 heterocycles. The molecule has 6 heteroatoms. The zero-order valence-electron chi connectivity index (χ0n) is 12.1. The van der Waals surface area contributed by atoms with E-state index in [4.69, 9.17) is 0 Å². The zero-order valence-corrected chi connectivity index (χ0v) is 12.1. The topological polar surface area (TPSA) is 32.3 Å². The highest BCUT2D eigenvalue weighted by atomic mass is 19.4. The molecule has 1 fully saturated rings. The van der Waals surface area contributed by atoms with Crippen LogP contribution in [0.3, 0.4) is 0 Å². The van der Waals surface area contributed by atoms with Crippen molar-refractivity contribution in [3.8, 4) is 0 Å². The van der Waals surface area contributed by atoms with E-state index in [0.29, 0.717) is 19.0 Å². The van der Waals surface area contributed by atoms with Crippen LogP contribution >= 0.6 is 0 Å². The van der Waals surface area contributed by atoms with Crippen molar-refractivity contribution in [1.82, 2.24) is 4.90 Å². The number of anilines is 1. The van der Waals surface area contributed by atoms with Crippen LogP contribution < -0.4 is 5.32 Å². The molecule has 116 valence electrons. The third-order valence-electron chi connectivity index (χ3n) is 3.91. The first-order valence-electron chi connectivity index (χ1n) is 7.01. The van der Waals surface area contributed by atoms with Gasteiger partial charge in [-0.2, -0.15) is 13.2 Å². The Morgan fingerprint density at radius 3 is 2.43 bits per heavy atom. The number of benzene rings is 1. The molecule has 0 saturated carbocycles. The SMILES string of the molecule is CNc1ccc(C(=O)N2CCC(C)CC2)cc1C(F)(F)F. The maximum absolute atomic E-state index is 13.0. The Hall–Kier alpha value is -1.72. The minimum atomic E-state index is -4.48. The molecule has 1 aliphatic heterocycles. The Morgan fingerprint density at radius 1 is 1.29 bits per heavy atom. The minimum Gasteiger partial charge on any atom is -0.388 e. The van der Waals surface area contributed by atoms with E-state index in [9.17, 15) is 18.0 Å². The predicted molar refractivity (Wildman–Crippen MR) is 75.3 cm³/mol. The molecule has 1 aliphatic rings. The summed E-state index contributed by atoms with van der Waals surface area (Å²) in [6.07, 6.45) is -2.69. The molecule has 0 unspecified atom stereocenters. The molecule has 21 heavy (non-hydrogen) atoms. The molecule has 1 N–H and O–H groups in total. The maximum atomic E-state index is 13.0. The van der Waals surface area contributed by atoms with Crippen LogP contribution in [0.25, 0.3) is 0 Å². The minimum absolute atomic E-state index is 0.0219. The Kier molecular flexibility index (Phi) is 4.44. The highest BCUT2D eigenvalue weighted by Crippen LogP contribution is 2.35. The van der Waals surface area contributed by atoms with Crippen LogP contribution in [0.15, 0.2) is 18.2 Å². The van der Waals surface area contributed by atoms with Crippen LogP contribution in [0.4, 0.5) is 18.9 Å². The Bertz CT molecular complexity index is 520. The van der Waals surface area contributed by atoms with Crippen LogP contribution in [0, 0.1) is 5.92 Å². The Labute approximate surface area is 122 Å². The van der Waals surface area contributed by atoms with Gasteiger partial charge in [0.1, 0.15) is 0 Å². The number of nitrogens with one attached hydrogen (secondary N) is 1. The molecule has 1 aromatic carbocycles. The number of hydrogen-bond donors (Lipinski definition) is 1. The van der Waals surface area contributed by atoms with E-state index in [1.807, 2.05) is 0 Å². The van der Waals surface area contributed by atoms with Gasteiger partial charge in [0, 0.05) is 31.4 Å². The lowest BCUT2D eigenvalue weighted by Crippen LogP contribution is -2.38. The Balaban J connectivity index is 2.26. The quantitative estimate of drug-likeness (QED) is 0.904. The summed E-state index contributed by atoms with van der Waals surface area (Å²) in [5.74, 6) is 0.238. The van der Waals surface area contributed by atoms with Gasteiger partial charge >= 0.3 is 6.18 Å². The summed E-state index contributed by atoms with van der Waals surface area (Å²) < 4.78 is 39.0. The standard InChI is InChI=1S/C15H19F3N2O/c1-10-5-7-20(8-6-10)14(21)11-3-4-13(19-2)12(9-11)15(16,17)18/h3-4,9-10,19H,5-8H2,1-2H3. The average Bonchev–Trinajstić information content (AvgIpc) is 2.45. The number of amides is 1. The molecule has 0 radical (unpaired) electrons. The van der Waals surface area contributed by atoms with Crippen molar-refractivity contribution in [1.29, 1.82) is 0 Å². The first-order valence-corrected chi connectivity index (χ1v) is 7.01. The molecule has 1 aromatic rings. The first kappa shape index (κ1) is 15.7. The molecular weight excluding hydrogens is 281 g/mol. The van der Waals surface area contributed by atoms with E-state index in [1.54, 1.807) is 4.90 Å². The van der Waals surface area contributed by atoms with Gasteiger partial charge in [-0.05, 0) is 37.0 Å². The van der Waals surface area contributed by atoms with Crippen molar-refractivity contribution in [2.45, 2.75) is 25.9 Å². The van der Waals surface area contributed by atoms with Crippen molar-refractivity contribution in [3.63, 3.8) is 0 Å². The largest absolute Gasteiger partial charge is 0.418 e. The fourth-order valence-electron chi connectivity index (χ4n) is 2.52.